The lowest BCUT2D eigenvalue weighted by molar-refractivity contribution is 0.0626. The van der Waals surface area contributed by atoms with Gasteiger partial charge in [-0.25, -0.2) is 0 Å². The fourth-order valence-corrected chi connectivity index (χ4v) is 7.09. The minimum absolute atomic E-state index is 0.671. The van der Waals surface area contributed by atoms with Crippen LogP contribution in [0.2, 0.25) is 26.2 Å². The van der Waals surface area contributed by atoms with Crippen LogP contribution in [0.15, 0.2) is 0 Å². The summed E-state index contributed by atoms with van der Waals surface area (Å²) in [6.45, 7) is 28.5. The van der Waals surface area contributed by atoms with E-state index in [9.17, 15) is 0 Å². The summed E-state index contributed by atoms with van der Waals surface area (Å²) in [5.74, 6) is 0. The third kappa shape index (κ3) is 32.5. The molecule has 0 aliphatic rings. The molecule has 0 heterocycles. The molecule has 0 fully saturated rings. The summed E-state index contributed by atoms with van der Waals surface area (Å²) in [6, 6.07) is 0. The quantitative estimate of drug-likeness (QED) is 0.0892. The topological polar surface area (TPSA) is 64.6 Å². The van der Waals surface area contributed by atoms with Gasteiger partial charge >= 0.3 is 17.6 Å². The van der Waals surface area contributed by atoms with Gasteiger partial charge in [0.15, 0.2) is 9.04 Å². The maximum atomic E-state index is 5.86. The first kappa shape index (κ1) is 41.8. The molecule has 10 heteroatoms. The van der Waals surface area contributed by atoms with Gasteiger partial charge in [-0.3, -0.25) is 0 Å². The van der Waals surface area contributed by atoms with Gasteiger partial charge in [-0.1, -0.05) is 60.8 Å². The predicted molar refractivity (Wildman–Crippen MR) is 165 cm³/mol. The summed E-state index contributed by atoms with van der Waals surface area (Å²) in [7, 11) is -5.34. The van der Waals surface area contributed by atoms with Crippen LogP contribution in [0, 0.1) is 0 Å². The van der Waals surface area contributed by atoms with Gasteiger partial charge in [0, 0.05) is 59.3 Å². The Hall–Kier alpha value is 0.371. The molecule has 0 N–H and O–H groups in total. The molecule has 0 saturated carbocycles. The summed E-state index contributed by atoms with van der Waals surface area (Å²) >= 11 is 0. The smallest absolute Gasteiger partial charge is 0.421 e. The Morgan fingerprint density at radius 1 is 0.432 bits per heavy atom. The zero-order valence-corrected chi connectivity index (χ0v) is 29.9. The maximum absolute atomic E-state index is 5.86. The Labute approximate surface area is 236 Å². The summed E-state index contributed by atoms with van der Waals surface area (Å²) in [4.78, 5) is 0. The molecule has 0 spiro atoms. The molecule has 0 rings (SSSR count). The zero-order valence-electron chi connectivity index (χ0n) is 26.7. The molecule has 0 amide bonds. The van der Waals surface area contributed by atoms with Crippen LogP contribution in [0.3, 0.4) is 0 Å². The lowest BCUT2D eigenvalue weighted by Gasteiger charge is -2.26. The standard InChI is InChI=1S/C13H30O3Si.C10H24O3Si.C4H12OSi/c1-5-8-11-14-17(4,15-12-9-6-2)16-13-10-7-3;1-5-8-11-14(4,12-9-6-2)13-10-7-3;1-4-5-6(2)3/h5-13H2,1-4H3;5-10H2,1-4H3;6H,4H2,1-3H3. The van der Waals surface area contributed by atoms with E-state index < -0.39 is 26.6 Å². The Balaban J connectivity index is -0.000000519. The molecule has 0 aliphatic heterocycles. The highest BCUT2D eigenvalue weighted by atomic mass is 28.4. The second kappa shape index (κ2) is 30.9. The van der Waals surface area contributed by atoms with E-state index in [1.165, 1.54) is 0 Å². The first-order valence-electron chi connectivity index (χ1n) is 15.1. The van der Waals surface area contributed by atoms with E-state index in [1.54, 1.807) is 0 Å². The molecule has 0 bridgehead atoms. The molecule has 0 aromatic carbocycles. The van der Waals surface area contributed by atoms with E-state index in [4.69, 9.17) is 31.0 Å². The third-order valence-electron chi connectivity index (χ3n) is 4.79. The maximum Gasteiger partial charge on any atom is 0.497 e. The van der Waals surface area contributed by atoms with Crippen LogP contribution in [0.1, 0.15) is 106 Å². The normalized spacial score (nSPS) is 11.7. The van der Waals surface area contributed by atoms with Crippen LogP contribution < -0.4 is 0 Å². The van der Waals surface area contributed by atoms with Crippen molar-refractivity contribution in [3.63, 3.8) is 0 Å². The summed E-state index contributed by atoms with van der Waals surface area (Å²) < 4.78 is 39.8. The average molecular weight is 587 g/mol. The van der Waals surface area contributed by atoms with Crippen molar-refractivity contribution in [2.24, 2.45) is 0 Å². The Bertz CT molecular complexity index is 385. The van der Waals surface area contributed by atoms with Crippen molar-refractivity contribution in [2.45, 2.75) is 132 Å². The minimum Gasteiger partial charge on any atom is -0.421 e. The number of hydrogen-bond donors (Lipinski definition) is 0. The van der Waals surface area contributed by atoms with Crippen LogP contribution in [0.4, 0.5) is 0 Å². The first-order chi connectivity index (χ1) is 17.6. The van der Waals surface area contributed by atoms with Gasteiger partial charge in [0.2, 0.25) is 0 Å². The van der Waals surface area contributed by atoms with E-state index in [0.717, 1.165) is 104 Å². The predicted octanol–water partition coefficient (Wildman–Crippen LogP) is 7.85. The molecule has 37 heavy (non-hydrogen) atoms. The van der Waals surface area contributed by atoms with Crippen molar-refractivity contribution in [1.82, 2.24) is 0 Å². The molecular weight excluding hydrogens is 521 g/mol. The Morgan fingerprint density at radius 3 is 0.865 bits per heavy atom. The van der Waals surface area contributed by atoms with Gasteiger partial charge in [0.25, 0.3) is 0 Å². The van der Waals surface area contributed by atoms with Gasteiger partial charge in [0.1, 0.15) is 0 Å². The lowest BCUT2D eigenvalue weighted by Crippen LogP contribution is -2.43. The molecule has 0 aromatic rings. The monoisotopic (exact) mass is 586 g/mol. The summed E-state index contributed by atoms with van der Waals surface area (Å²) in [5, 5.41) is 0. The Kier molecular flexibility index (Phi) is 35.0. The SMILES string of the molecule is CCCCO[Si](C)(OCCCC)OCCCC.CCCO[Si](C)(OCCC)OCCC.CCO[SiH](C)C. The van der Waals surface area contributed by atoms with E-state index in [-0.39, 0.29) is 0 Å². The van der Waals surface area contributed by atoms with Gasteiger partial charge in [-0.15, -0.1) is 0 Å². The highest BCUT2D eigenvalue weighted by Gasteiger charge is 2.35. The molecule has 0 aliphatic carbocycles. The largest absolute Gasteiger partial charge is 0.497 e. The van der Waals surface area contributed by atoms with Crippen molar-refractivity contribution in [3.05, 3.63) is 0 Å². The highest BCUT2D eigenvalue weighted by Crippen LogP contribution is 2.13. The van der Waals surface area contributed by atoms with Crippen molar-refractivity contribution < 1.29 is 31.0 Å². The molecule has 0 aromatic heterocycles. The van der Waals surface area contributed by atoms with E-state index >= 15 is 0 Å². The fraction of sp³-hybridized carbons (Fsp3) is 1.00. The van der Waals surface area contributed by atoms with Crippen molar-refractivity contribution in [2.75, 3.05) is 46.2 Å². The second-order valence-corrected chi connectivity index (χ2v) is 17.0. The highest BCUT2D eigenvalue weighted by molar-refractivity contribution is 6.59. The van der Waals surface area contributed by atoms with Gasteiger partial charge in [-0.2, -0.15) is 0 Å². The van der Waals surface area contributed by atoms with Crippen molar-refractivity contribution in [3.8, 4) is 0 Å². The van der Waals surface area contributed by atoms with E-state index in [1.807, 2.05) is 20.0 Å². The van der Waals surface area contributed by atoms with Crippen LogP contribution in [0.25, 0.3) is 0 Å². The fourth-order valence-electron chi connectivity index (χ4n) is 2.65. The second-order valence-electron chi connectivity index (χ2n) is 9.38. The Morgan fingerprint density at radius 2 is 0.703 bits per heavy atom. The third-order valence-corrected chi connectivity index (χ3v) is 10.2. The molecule has 7 nitrogen and oxygen atoms in total. The molecule has 0 atom stereocenters. The van der Waals surface area contributed by atoms with Gasteiger partial charge in [-0.05, 0) is 58.5 Å². The number of rotatable bonds is 23. The van der Waals surface area contributed by atoms with Crippen LogP contribution in [-0.4, -0.2) is 72.9 Å². The van der Waals surface area contributed by atoms with Crippen molar-refractivity contribution in [1.29, 1.82) is 0 Å². The summed E-state index contributed by atoms with van der Waals surface area (Å²) in [6.07, 6.45) is 9.70. The van der Waals surface area contributed by atoms with Gasteiger partial charge in [0.05, 0.1) is 0 Å². The molecule has 0 saturated heterocycles. The molecule has 228 valence electrons. The zero-order chi connectivity index (χ0) is 28.8. The number of unbranched alkanes of at least 4 members (excludes halogenated alkanes) is 3. The summed E-state index contributed by atoms with van der Waals surface area (Å²) in [5.41, 5.74) is 0. The van der Waals surface area contributed by atoms with Gasteiger partial charge < -0.3 is 31.0 Å². The van der Waals surface area contributed by atoms with Crippen LogP contribution >= 0.6 is 0 Å². The first-order valence-corrected chi connectivity index (χ1v) is 22.3. The average Bonchev–Trinajstić information content (AvgIpc) is 2.86. The van der Waals surface area contributed by atoms with E-state index in [0.29, 0.717) is 0 Å². The van der Waals surface area contributed by atoms with E-state index in [2.05, 4.69) is 54.6 Å². The number of hydrogen-bond acceptors (Lipinski definition) is 7. The molecule has 0 unspecified atom stereocenters. The van der Waals surface area contributed by atoms with Crippen LogP contribution in [0.5, 0.6) is 0 Å². The molecule has 0 radical (unpaired) electrons. The van der Waals surface area contributed by atoms with Crippen molar-refractivity contribution >= 4 is 26.6 Å². The minimum atomic E-state index is -2.36. The lowest BCUT2D eigenvalue weighted by atomic mass is 10.4. The molecular formula is C27H66O7Si3. The van der Waals surface area contributed by atoms with Crippen LogP contribution in [-0.2, 0) is 31.0 Å².